The zero-order valence-electron chi connectivity index (χ0n) is 17.2. The fourth-order valence-electron chi connectivity index (χ4n) is 4.52. The molecule has 0 spiro atoms. The van der Waals surface area contributed by atoms with Gasteiger partial charge in [0.1, 0.15) is 6.54 Å². The van der Waals surface area contributed by atoms with Crippen LogP contribution in [0.2, 0.25) is 0 Å². The lowest BCUT2D eigenvalue weighted by atomic mass is 9.85. The first-order valence-corrected chi connectivity index (χ1v) is 11.9. The first-order chi connectivity index (χ1) is 13.9. The standard InChI is InChI=1S/C26H32NS.HI/c1-4-12-22(13-5-1)14-6-3-11-19-27-21-25(28-24-16-7-2-8-17-24)20-23-15-9-10-18-26(23)27;/h2,7-10,15-18,20-22H,1,3-6,11-14,19H2;1H/q+1;/p-1. The Bertz CT molecular complexity index is 874. The third-order valence-corrected chi connectivity index (χ3v) is 7.01. The largest absolute Gasteiger partial charge is 1.00 e. The number of nitrogens with zero attached hydrogens (tertiary/aromatic N) is 1. The predicted octanol–water partition coefficient (Wildman–Crippen LogP) is 4.42. The number of fused-ring (bicyclic) bond motifs is 1. The molecule has 1 aliphatic rings. The van der Waals surface area contributed by atoms with Crippen molar-refractivity contribution in [1.82, 2.24) is 0 Å². The van der Waals surface area contributed by atoms with Crippen LogP contribution in [0.25, 0.3) is 10.9 Å². The Kier molecular flexibility index (Phi) is 9.32. The Balaban J connectivity index is 0.00000240. The number of halogens is 1. The Labute approximate surface area is 197 Å². The lowest BCUT2D eigenvalue weighted by molar-refractivity contribution is -0.673. The molecule has 1 saturated carbocycles. The average molecular weight is 518 g/mol. The molecule has 0 radical (unpaired) electrons. The molecule has 2 aromatic carbocycles. The summed E-state index contributed by atoms with van der Waals surface area (Å²) in [6.45, 7) is 1.12. The fraction of sp³-hybridized carbons (Fsp3) is 0.423. The molecule has 0 aliphatic heterocycles. The fourth-order valence-corrected chi connectivity index (χ4v) is 5.45. The van der Waals surface area contributed by atoms with Crippen molar-refractivity contribution in [2.75, 3.05) is 0 Å². The lowest BCUT2D eigenvalue weighted by Gasteiger charge is -2.21. The maximum Gasteiger partial charge on any atom is 0.212 e. The molecular formula is C26H32INS. The lowest BCUT2D eigenvalue weighted by Crippen LogP contribution is -3.00. The van der Waals surface area contributed by atoms with E-state index < -0.39 is 0 Å². The van der Waals surface area contributed by atoms with E-state index in [1.54, 1.807) is 0 Å². The van der Waals surface area contributed by atoms with Crippen LogP contribution >= 0.6 is 11.8 Å². The SMILES string of the molecule is [I-].c1ccc(Sc2cc3ccccc3[n+](CCCCCC3CCCCC3)c2)cc1. The van der Waals surface area contributed by atoms with Gasteiger partial charge in [0.2, 0.25) is 5.52 Å². The quantitative estimate of drug-likeness (QED) is 0.243. The number of para-hydroxylation sites is 1. The monoisotopic (exact) mass is 517 g/mol. The zero-order valence-corrected chi connectivity index (χ0v) is 20.2. The smallest absolute Gasteiger partial charge is 0.212 e. The van der Waals surface area contributed by atoms with Gasteiger partial charge in [0, 0.05) is 22.8 Å². The maximum atomic E-state index is 2.47. The minimum Gasteiger partial charge on any atom is -1.00 e. The van der Waals surface area contributed by atoms with E-state index in [0.717, 1.165) is 12.5 Å². The van der Waals surface area contributed by atoms with E-state index in [4.69, 9.17) is 0 Å². The summed E-state index contributed by atoms with van der Waals surface area (Å²) < 4.78 is 2.47. The number of hydrogen-bond donors (Lipinski definition) is 0. The summed E-state index contributed by atoms with van der Waals surface area (Å²) in [6, 6.07) is 21.8. The molecule has 1 aliphatic carbocycles. The van der Waals surface area contributed by atoms with Gasteiger partial charge < -0.3 is 24.0 Å². The van der Waals surface area contributed by atoms with Crippen molar-refractivity contribution in [3.8, 4) is 0 Å². The van der Waals surface area contributed by atoms with Crippen LogP contribution in [0.4, 0.5) is 0 Å². The van der Waals surface area contributed by atoms with Crippen molar-refractivity contribution in [1.29, 1.82) is 0 Å². The van der Waals surface area contributed by atoms with Gasteiger partial charge in [0.25, 0.3) is 0 Å². The number of rotatable bonds is 8. The van der Waals surface area contributed by atoms with Gasteiger partial charge in [-0.3, -0.25) is 0 Å². The Hall–Kier alpha value is -1.07. The molecule has 3 heteroatoms. The van der Waals surface area contributed by atoms with Gasteiger partial charge in [-0.15, -0.1) is 0 Å². The summed E-state index contributed by atoms with van der Waals surface area (Å²) >= 11 is 1.86. The van der Waals surface area contributed by atoms with Crippen molar-refractivity contribution < 1.29 is 28.5 Å². The van der Waals surface area contributed by atoms with E-state index >= 15 is 0 Å². The highest BCUT2D eigenvalue weighted by molar-refractivity contribution is 7.99. The van der Waals surface area contributed by atoms with Crippen LogP contribution in [0.3, 0.4) is 0 Å². The number of aryl methyl sites for hydroxylation is 1. The van der Waals surface area contributed by atoms with E-state index in [1.807, 2.05) is 11.8 Å². The molecule has 0 saturated heterocycles. The highest BCUT2D eigenvalue weighted by atomic mass is 127. The highest BCUT2D eigenvalue weighted by Crippen LogP contribution is 2.29. The normalized spacial score (nSPS) is 14.6. The Morgan fingerprint density at radius 3 is 2.38 bits per heavy atom. The summed E-state index contributed by atoms with van der Waals surface area (Å²) in [5, 5.41) is 1.34. The molecule has 0 N–H and O–H groups in total. The molecule has 4 rings (SSSR count). The number of benzene rings is 2. The van der Waals surface area contributed by atoms with Crippen molar-refractivity contribution >= 4 is 22.7 Å². The Morgan fingerprint density at radius 2 is 1.55 bits per heavy atom. The molecule has 0 atom stereocenters. The minimum absolute atomic E-state index is 0. The molecule has 1 aromatic heterocycles. The summed E-state index contributed by atoms with van der Waals surface area (Å²) in [4.78, 5) is 2.63. The molecular weight excluding hydrogens is 485 g/mol. The molecule has 3 aromatic rings. The third-order valence-electron chi connectivity index (χ3n) is 6.04. The topological polar surface area (TPSA) is 3.88 Å². The molecule has 29 heavy (non-hydrogen) atoms. The second-order valence-electron chi connectivity index (χ2n) is 8.20. The van der Waals surface area contributed by atoms with Crippen LogP contribution in [0, 0.1) is 5.92 Å². The van der Waals surface area contributed by atoms with Crippen LogP contribution in [0.15, 0.2) is 76.7 Å². The molecule has 0 amide bonds. The molecule has 1 nitrogen and oxygen atoms in total. The minimum atomic E-state index is 0. The van der Waals surface area contributed by atoms with Gasteiger partial charge in [-0.1, -0.05) is 87.0 Å². The van der Waals surface area contributed by atoms with E-state index in [9.17, 15) is 0 Å². The second-order valence-corrected chi connectivity index (χ2v) is 9.34. The highest BCUT2D eigenvalue weighted by Gasteiger charge is 2.14. The summed E-state index contributed by atoms with van der Waals surface area (Å²) in [6.07, 6.45) is 15.2. The maximum absolute atomic E-state index is 2.47. The van der Waals surface area contributed by atoms with Gasteiger partial charge in [-0.25, -0.2) is 0 Å². The first-order valence-electron chi connectivity index (χ1n) is 11.0. The van der Waals surface area contributed by atoms with Crippen LogP contribution in [-0.2, 0) is 6.54 Å². The number of unbranched alkanes of at least 4 members (excludes halogenated alkanes) is 2. The summed E-state index contributed by atoms with van der Waals surface area (Å²) in [5.41, 5.74) is 1.35. The van der Waals surface area contributed by atoms with Crippen molar-refractivity contribution in [3.05, 3.63) is 66.9 Å². The van der Waals surface area contributed by atoms with Crippen LogP contribution in [0.5, 0.6) is 0 Å². The molecule has 1 fully saturated rings. The molecule has 0 bridgehead atoms. The Morgan fingerprint density at radius 1 is 0.793 bits per heavy atom. The van der Waals surface area contributed by atoms with Crippen molar-refractivity contribution in [3.63, 3.8) is 0 Å². The van der Waals surface area contributed by atoms with Gasteiger partial charge >= 0.3 is 0 Å². The predicted molar refractivity (Wildman–Crippen MR) is 120 cm³/mol. The van der Waals surface area contributed by atoms with Gasteiger partial charge in [-0.2, -0.15) is 4.57 Å². The third kappa shape index (κ3) is 6.71. The van der Waals surface area contributed by atoms with Crippen LogP contribution in [-0.4, -0.2) is 0 Å². The van der Waals surface area contributed by atoms with Crippen molar-refractivity contribution in [2.24, 2.45) is 5.92 Å². The second kappa shape index (κ2) is 11.9. The van der Waals surface area contributed by atoms with Crippen LogP contribution in [0.1, 0.15) is 57.8 Å². The van der Waals surface area contributed by atoms with E-state index in [0.29, 0.717) is 0 Å². The first kappa shape index (κ1) is 22.6. The summed E-state index contributed by atoms with van der Waals surface area (Å²) in [5.74, 6) is 1.02. The van der Waals surface area contributed by atoms with Gasteiger partial charge in [-0.05, 0) is 36.6 Å². The molecule has 154 valence electrons. The average Bonchev–Trinajstić information content (AvgIpc) is 2.75. The van der Waals surface area contributed by atoms with Crippen molar-refractivity contribution in [2.45, 2.75) is 74.1 Å². The van der Waals surface area contributed by atoms with Crippen LogP contribution < -0.4 is 28.5 Å². The van der Waals surface area contributed by atoms with E-state index in [-0.39, 0.29) is 24.0 Å². The zero-order chi connectivity index (χ0) is 19.0. The van der Waals surface area contributed by atoms with Gasteiger partial charge in [0.05, 0.1) is 4.90 Å². The number of hydrogen-bond acceptors (Lipinski definition) is 1. The molecule has 0 unspecified atom stereocenters. The van der Waals surface area contributed by atoms with E-state index in [1.165, 1.54) is 78.5 Å². The van der Waals surface area contributed by atoms with Gasteiger partial charge in [0.15, 0.2) is 6.20 Å². The number of pyridine rings is 1. The number of aromatic nitrogens is 1. The van der Waals surface area contributed by atoms with E-state index in [2.05, 4.69) is 71.4 Å². The summed E-state index contributed by atoms with van der Waals surface area (Å²) in [7, 11) is 0. The molecule has 1 heterocycles.